The van der Waals surface area contributed by atoms with E-state index in [9.17, 15) is 14.7 Å². The molecule has 218 valence electrons. The Hall–Kier alpha value is -3.64. The molecule has 0 unspecified atom stereocenters. The van der Waals surface area contributed by atoms with Crippen molar-refractivity contribution in [3.63, 3.8) is 0 Å². The van der Waals surface area contributed by atoms with Crippen LogP contribution in [0.2, 0.25) is 0 Å². The third-order valence-electron chi connectivity index (χ3n) is 8.50. The Bertz CT molecular complexity index is 1280. The summed E-state index contributed by atoms with van der Waals surface area (Å²) in [5.41, 5.74) is 4.04. The van der Waals surface area contributed by atoms with Gasteiger partial charge in [-0.2, -0.15) is 0 Å². The molecule has 0 bridgehead atoms. The Morgan fingerprint density at radius 2 is 1.46 bits per heavy atom. The summed E-state index contributed by atoms with van der Waals surface area (Å²) >= 11 is 0. The van der Waals surface area contributed by atoms with Gasteiger partial charge in [-0.1, -0.05) is 113 Å². The predicted molar refractivity (Wildman–Crippen MR) is 162 cm³/mol. The first-order chi connectivity index (χ1) is 19.7. The standard InChI is InChI=1S/C35H43NO5/c1-6-26(20-25-14-8-7-9-15-25)32(40-21-23(2)3)24(4)35(5,33(37)38)36-34(39)41-22-31-29-18-12-10-16-27(29)28-17-11-13-19-30(28)31/h7-19,23-24,26,31-32H,6,20-22H2,1-5H3,(H,36,39)(H,37,38)/t24-,26-,32+,35+/m1/s1. The van der Waals surface area contributed by atoms with Gasteiger partial charge < -0.3 is 19.9 Å². The predicted octanol–water partition coefficient (Wildman–Crippen LogP) is 7.31. The van der Waals surface area contributed by atoms with E-state index in [0.717, 1.165) is 35.1 Å². The average Bonchev–Trinajstić information content (AvgIpc) is 3.29. The number of carbonyl (C=O) groups is 2. The molecule has 0 spiro atoms. The highest BCUT2D eigenvalue weighted by molar-refractivity contribution is 5.84. The van der Waals surface area contributed by atoms with E-state index in [1.165, 1.54) is 5.56 Å². The minimum atomic E-state index is -1.60. The maximum Gasteiger partial charge on any atom is 0.408 e. The van der Waals surface area contributed by atoms with Crippen molar-refractivity contribution < 1.29 is 24.2 Å². The molecule has 41 heavy (non-hydrogen) atoms. The zero-order valence-corrected chi connectivity index (χ0v) is 24.8. The second kappa shape index (κ2) is 13.3. The van der Waals surface area contributed by atoms with Gasteiger partial charge in [0, 0.05) is 18.4 Å². The van der Waals surface area contributed by atoms with Gasteiger partial charge in [0.05, 0.1) is 6.10 Å². The summed E-state index contributed by atoms with van der Waals surface area (Å²) in [5, 5.41) is 13.2. The Balaban J connectivity index is 1.52. The lowest BCUT2D eigenvalue weighted by Gasteiger charge is -2.40. The molecule has 4 rings (SSSR count). The highest BCUT2D eigenvalue weighted by atomic mass is 16.5. The first-order valence-electron chi connectivity index (χ1n) is 14.7. The third-order valence-corrected chi connectivity index (χ3v) is 8.50. The molecule has 3 aromatic carbocycles. The molecule has 4 atom stereocenters. The zero-order valence-electron chi connectivity index (χ0n) is 24.8. The molecule has 1 aliphatic carbocycles. The summed E-state index contributed by atoms with van der Waals surface area (Å²) in [6.07, 6.45) is 0.424. The van der Waals surface area contributed by atoms with Crippen molar-refractivity contribution in [3.8, 4) is 11.1 Å². The van der Waals surface area contributed by atoms with Crippen LogP contribution in [0.4, 0.5) is 4.79 Å². The monoisotopic (exact) mass is 557 g/mol. The molecule has 1 amide bonds. The summed E-state index contributed by atoms with van der Waals surface area (Å²) in [5.74, 6) is -1.42. The van der Waals surface area contributed by atoms with Gasteiger partial charge in [0.25, 0.3) is 0 Å². The lowest BCUT2D eigenvalue weighted by Crippen LogP contribution is -2.60. The van der Waals surface area contributed by atoms with Crippen LogP contribution in [-0.2, 0) is 20.7 Å². The molecule has 6 heteroatoms. The first kappa shape index (κ1) is 30.3. The fourth-order valence-corrected chi connectivity index (χ4v) is 5.94. The average molecular weight is 558 g/mol. The summed E-state index contributed by atoms with van der Waals surface area (Å²) in [4.78, 5) is 26.0. The quantitative estimate of drug-likeness (QED) is 0.230. The Morgan fingerprint density at radius 3 is 2.00 bits per heavy atom. The minimum Gasteiger partial charge on any atom is -0.480 e. The van der Waals surface area contributed by atoms with E-state index in [-0.39, 0.29) is 24.4 Å². The zero-order chi connectivity index (χ0) is 29.6. The van der Waals surface area contributed by atoms with Crippen LogP contribution in [0.15, 0.2) is 78.9 Å². The summed E-state index contributed by atoms with van der Waals surface area (Å²) < 4.78 is 12.2. The summed E-state index contributed by atoms with van der Waals surface area (Å²) in [6, 6.07) is 26.4. The largest absolute Gasteiger partial charge is 0.480 e. The van der Waals surface area contributed by atoms with Crippen molar-refractivity contribution in [3.05, 3.63) is 95.6 Å². The van der Waals surface area contributed by atoms with Crippen LogP contribution < -0.4 is 5.32 Å². The number of rotatable bonds is 13. The molecule has 0 heterocycles. The van der Waals surface area contributed by atoms with E-state index in [1.807, 2.05) is 49.4 Å². The highest BCUT2D eigenvalue weighted by Crippen LogP contribution is 2.44. The number of fused-ring (bicyclic) bond motifs is 3. The van der Waals surface area contributed by atoms with Crippen molar-refractivity contribution >= 4 is 12.1 Å². The number of nitrogens with one attached hydrogen (secondary N) is 1. The topological polar surface area (TPSA) is 84.9 Å². The molecule has 1 aliphatic rings. The number of carbonyl (C=O) groups excluding carboxylic acids is 1. The second-order valence-electron chi connectivity index (χ2n) is 11.8. The number of hydrogen-bond acceptors (Lipinski definition) is 4. The minimum absolute atomic E-state index is 0.0640. The number of hydrogen-bond donors (Lipinski definition) is 2. The van der Waals surface area contributed by atoms with Gasteiger partial charge in [-0.05, 0) is 53.0 Å². The maximum atomic E-state index is 13.2. The van der Waals surface area contributed by atoms with Gasteiger partial charge in [-0.25, -0.2) is 9.59 Å². The fraction of sp³-hybridized carbons (Fsp3) is 0.429. The first-order valence-corrected chi connectivity index (χ1v) is 14.7. The smallest absolute Gasteiger partial charge is 0.408 e. The molecular weight excluding hydrogens is 514 g/mol. The van der Waals surface area contributed by atoms with Gasteiger partial charge in [0.15, 0.2) is 0 Å². The van der Waals surface area contributed by atoms with E-state index in [0.29, 0.717) is 6.61 Å². The van der Waals surface area contributed by atoms with E-state index in [2.05, 4.69) is 62.5 Å². The summed E-state index contributed by atoms with van der Waals surface area (Å²) in [6.45, 7) is 10.3. The van der Waals surface area contributed by atoms with Crippen molar-refractivity contribution in [1.29, 1.82) is 0 Å². The molecule has 0 saturated heterocycles. The second-order valence-corrected chi connectivity index (χ2v) is 11.8. The van der Waals surface area contributed by atoms with Crippen molar-refractivity contribution in [1.82, 2.24) is 5.32 Å². The van der Waals surface area contributed by atoms with E-state index in [4.69, 9.17) is 9.47 Å². The molecule has 0 fully saturated rings. The highest BCUT2D eigenvalue weighted by Gasteiger charge is 2.47. The summed E-state index contributed by atoms with van der Waals surface area (Å²) in [7, 11) is 0. The number of ether oxygens (including phenoxy) is 2. The number of carboxylic acids is 1. The van der Waals surface area contributed by atoms with E-state index >= 15 is 0 Å². The SMILES string of the molecule is CC[C@H](Cc1ccccc1)[C@@H](OCC(C)C)[C@@H](C)[C@](C)(NC(=O)OCC1c2ccccc2-c2ccccc21)C(=O)O. The van der Waals surface area contributed by atoms with Gasteiger partial charge in [0.1, 0.15) is 12.1 Å². The fourth-order valence-electron chi connectivity index (χ4n) is 5.94. The number of amides is 1. The van der Waals surface area contributed by atoms with Crippen LogP contribution in [0, 0.1) is 17.8 Å². The van der Waals surface area contributed by atoms with Gasteiger partial charge >= 0.3 is 12.1 Å². The van der Waals surface area contributed by atoms with Crippen molar-refractivity contribution in [2.75, 3.05) is 13.2 Å². The van der Waals surface area contributed by atoms with Crippen LogP contribution >= 0.6 is 0 Å². The van der Waals surface area contributed by atoms with Crippen LogP contribution in [-0.4, -0.2) is 42.0 Å². The Kier molecular flexibility index (Phi) is 9.87. The normalized spacial score (nSPS) is 16.2. The van der Waals surface area contributed by atoms with Gasteiger partial charge in [-0.3, -0.25) is 0 Å². The van der Waals surface area contributed by atoms with Crippen LogP contribution in [0.25, 0.3) is 11.1 Å². The van der Waals surface area contributed by atoms with Crippen molar-refractivity contribution in [2.45, 2.75) is 65.0 Å². The van der Waals surface area contributed by atoms with E-state index < -0.39 is 29.6 Å². The molecule has 2 N–H and O–H groups in total. The van der Waals surface area contributed by atoms with Crippen LogP contribution in [0.5, 0.6) is 0 Å². The number of carboxylic acid groups (broad SMARTS) is 1. The van der Waals surface area contributed by atoms with Crippen molar-refractivity contribution in [2.24, 2.45) is 17.8 Å². The molecule has 0 radical (unpaired) electrons. The molecular formula is C35H43NO5. The lowest BCUT2D eigenvalue weighted by atomic mass is 9.75. The van der Waals surface area contributed by atoms with E-state index in [1.54, 1.807) is 6.92 Å². The van der Waals surface area contributed by atoms with Gasteiger partial charge in [-0.15, -0.1) is 0 Å². The molecule has 6 nitrogen and oxygen atoms in total. The molecule has 0 aliphatic heterocycles. The lowest BCUT2D eigenvalue weighted by molar-refractivity contribution is -0.151. The van der Waals surface area contributed by atoms with Crippen LogP contribution in [0.1, 0.15) is 63.6 Å². The number of aliphatic carboxylic acids is 1. The number of alkyl carbamates (subject to hydrolysis) is 1. The maximum absolute atomic E-state index is 13.2. The Morgan fingerprint density at radius 1 is 0.902 bits per heavy atom. The number of benzene rings is 3. The molecule has 3 aromatic rings. The van der Waals surface area contributed by atoms with Crippen LogP contribution in [0.3, 0.4) is 0 Å². The molecule has 0 saturated carbocycles. The molecule has 0 aromatic heterocycles. The van der Waals surface area contributed by atoms with Gasteiger partial charge in [0.2, 0.25) is 0 Å². The third kappa shape index (κ3) is 6.82. The Labute approximate surface area is 244 Å².